The Bertz CT molecular complexity index is 800. The Hall–Kier alpha value is -2.07. The quantitative estimate of drug-likeness (QED) is 0.767. The van der Waals surface area contributed by atoms with Crippen molar-refractivity contribution in [2.45, 2.75) is 24.5 Å². The Morgan fingerprint density at radius 3 is 2.91 bits per heavy atom. The van der Waals surface area contributed by atoms with Crippen LogP contribution in [0.1, 0.15) is 18.7 Å². The normalized spacial score (nSPS) is 17.4. The lowest BCUT2D eigenvalue weighted by Crippen LogP contribution is -2.00. The second-order valence-electron chi connectivity index (χ2n) is 5.55. The zero-order valence-corrected chi connectivity index (χ0v) is 13.0. The maximum absolute atomic E-state index is 4.61. The predicted molar refractivity (Wildman–Crippen MR) is 92.8 cm³/mol. The highest BCUT2D eigenvalue weighted by Crippen LogP contribution is 2.28. The maximum Gasteiger partial charge on any atom is 0.177 e. The van der Waals surface area contributed by atoms with Crippen molar-refractivity contribution in [3.8, 4) is 11.1 Å². The van der Waals surface area contributed by atoms with E-state index in [0.717, 1.165) is 35.4 Å². The maximum atomic E-state index is 4.61. The Morgan fingerprint density at radius 1 is 1.18 bits per heavy atom. The fourth-order valence-electron chi connectivity index (χ4n) is 2.77. The van der Waals surface area contributed by atoms with E-state index in [1.54, 1.807) is 0 Å². The molecule has 3 nitrogen and oxygen atoms in total. The molecule has 0 bridgehead atoms. The monoisotopic (exact) mass is 307 g/mol. The van der Waals surface area contributed by atoms with Crippen LogP contribution < -0.4 is 0 Å². The number of rotatable bonds is 4. The summed E-state index contributed by atoms with van der Waals surface area (Å²) in [6, 6.07) is 12.5. The second-order valence-corrected chi connectivity index (χ2v) is 6.76. The summed E-state index contributed by atoms with van der Waals surface area (Å²) in [4.78, 5) is 12.5. The average molecular weight is 307 g/mol. The highest BCUT2D eigenvalue weighted by atomic mass is 32.2. The highest BCUT2D eigenvalue weighted by Gasteiger charge is 2.12. The van der Waals surface area contributed by atoms with E-state index in [1.165, 1.54) is 12.0 Å². The van der Waals surface area contributed by atoms with Crippen LogP contribution in [0.3, 0.4) is 0 Å². The number of aromatic amines is 1. The molecular weight excluding hydrogens is 290 g/mol. The number of hydrogen-bond donors (Lipinski definition) is 1. The van der Waals surface area contributed by atoms with Crippen LogP contribution >= 0.6 is 11.8 Å². The van der Waals surface area contributed by atoms with Gasteiger partial charge < -0.3 is 4.98 Å². The Morgan fingerprint density at radius 2 is 2.09 bits per heavy atom. The smallest absolute Gasteiger partial charge is 0.177 e. The molecule has 0 spiro atoms. The molecule has 1 aliphatic rings. The molecule has 0 radical (unpaired) electrons. The van der Waals surface area contributed by atoms with Crippen LogP contribution in [0.25, 0.3) is 22.3 Å². The highest BCUT2D eigenvalue weighted by molar-refractivity contribution is 8.03. The van der Waals surface area contributed by atoms with Gasteiger partial charge in [-0.2, -0.15) is 0 Å². The number of aromatic nitrogens is 3. The Balaban J connectivity index is 1.55. The van der Waals surface area contributed by atoms with Crippen molar-refractivity contribution >= 4 is 22.9 Å². The number of benzene rings is 1. The van der Waals surface area contributed by atoms with E-state index in [9.17, 15) is 0 Å². The first-order valence-corrected chi connectivity index (χ1v) is 8.53. The van der Waals surface area contributed by atoms with Crippen LogP contribution in [0.5, 0.6) is 0 Å². The Kier molecular flexibility index (Phi) is 3.69. The van der Waals surface area contributed by atoms with Crippen LogP contribution in [0.15, 0.2) is 54.1 Å². The number of pyridine rings is 1. The summed E-state index contributed by atoms with van der Waals surface area (Å²) in [5, 5.41) is 2.91. The van der Waals surface area contributed by atoms with Crippen molar-refractivity contribution in [1.29, 1.82) is 0 Å². The van der Waals surface area contributed by atoms with Crippen LogP contribution in [0.2, 0.25) is 0 Å². The minimum Gasteiger partial charge on any atom is -0.341 e. The SMILES string of the molecule is C1=CSC(CCc2nc3ncc(-c4ccccc4)cc3[nH]2)C1. The number of nitrogens with one attached hydrogen (secondary N) is 1. The molecule has 1 aromatic carbocycles. The number of nitrogens with zero attached hydrogens (tertiary/aromatic N) is 2. The molecular formula is C18H17N3S. The molecule has 1 atom stereocenters. The summed E-state index contributed by atoms with van der Waals surface area (Å²) < 4.78 is 0. The predicted octanol–water partition coefficient (Wildman–Crippen LogP) is 4.58. The summed E-state index contributed by atoms with van der Waals surface area (Å²) in [5.41, 5.74) is 4.14. The molecule has 1 aliphatic heterocycles. The number of H-pyrrole nitrogens is 1. The molecule has 0 saturated carbocycles. The minimum atomic E-state index is 0.709. The van der Waals surface area contributed by atoms with Gasteiger partial charge in [-0.1, -0.05) is 36.4 Å². The number of aryl methyl sites for hydroxylation is 1. The van der Waals surface area contributed by atoms with Gasteiger partial charge in [0.05, 0.1) is 5.52 Å². The molecule has 0 fully saturated rings. The van der Waals surface area contributed by atoms with Gasteiger partial charge in [-0.3, -0.25) is 0 Å². The molecule has 2 aromatic heterocycles. The van der Waals surface area contributed by atoms with Gasteiger partial charge in [-0.25, -0.2) is 9.97 Å². The largest absolute Gasteiger partial charge is 0.341 e. The molecule has 3 aromatic rings. The molecule has 0 aliphatic carbocycles. The van der Waals surface area contributed by atoms with Crippen LogP contribution in [-0.2, 0) is 6.42 Å². The van der Waals surface area contributed by atoms with E-state index < -0.39 is 0 Å². The number of imidazole rings is 1. The summed E-state index contributed by atoms with van der Waals surface area (Å²) in [6.07, 6.45) is 7.47. The van der Waals surface area contributed by atoms with Crippen molar-refractivity contribution in [2.24, 2.45) is 0 Å². The van der Waals surface area contributed by atoms with Gasteiger partial charge in [0.1, 0.15) is 5.82 Å². The van der Waals surface area contributed by atoms with Crippen molar-refractivity contribution in [2.75, 3.05) is 0 Å². The van der Waals surface area contributed by atoms with Crippen molar-refractivity contribution in [3.05, 3.63) is 59.9 Å². The number of thioether (sulfide) groups is 1. The first-order chi connectivity index (χ1) is 10.9. The molecule has 110 valence electrons. The average Bonchev–Trinajstić information content (AvgIpc) is 3.22. The molecule has 4 heteroatoms. The van der Waals surface area contributed by atoms with Crippen molar-refractivity contribution < 1.29 is 0 Å². The lowest BCUT2D eigenvalue weighted by Gasteiger charge is -2.05. The third-order valence-corrected chi connectivity index (χ3v) is 5.13. The fourth-order valence-corrected chi connectivity index (χ4v) is 3.69. The summed E-state index contributed by atoms with van der Waals surface area (Å²) >= 11 is 1.93. The topological polar surface area (TPSA) is 41.6 Å². The van der Waals surface area contributed by atoms with Gasteiger partial charge in [0.15, 0.2) is 5.65 Å². The van der Waals surface area contributed by atoms with Gasteiger partial charge in [0.2, 0.25) is 0 Å². The number of fused-ring (bicyclic) bond motifs is 1. The van der Waals surface area contributed by atoms with Gasteiger partial charge >= 0.3 is 0 Å². The molecule has 0 saturated heterocycles. The zero-order valence-electron chi connectivity index (χ0n) is 12.2. The van der Waals surface area contributed by atoms with Crippen LogP contribution in [-0.4, -0.2) is 20.2 Å². The van der Waals surface area contributed by atoms with E-state index in [2.05, 4.69) is 44.6 Å². The van der Waals surface area contributed by atoms with E-state index in [-0.39, 0.29) is 0 Å². The molecule has 1 unspecified atom stereocenters. The fraction of sp³-hybridized carbons (Fsp3) is 0.222. The first-order valence-electron chi connectivity index (χ1n) is 7.59. The standard InChI is InChI=1S/C18H17N3S/c1-2-5-13(6-3-1)14-11-16-18(19-12-14)21-17(20-16)9-8-15-7-4-10-22-15/h1-6,10-12,15H,7-9H2,(H,19,20,21). The molecule has 0 amide bonds. The van der Waals surface area contributed by atoms with E-state index in [4.69, 9.17) is 0 Å². The van der Waals surface area contributed by atoms with Gasteiger partial charge in [-0.15, -0.1) is 11.8 Å². The number of hydrogen-bond acceptors (Lipinski definition) is 3. The third kappa shape index (κ3) is 2.79. The molecule has 1 N–H and O–H groups in total. The summed E-state index contributed by atoms with van der Waals surface area (Å²) in [5.74, 6) is 1.04. The van der Waals surface area contributed by atoms with Gasteiger partial charge in [-0.05, 0) is 29.9 Å². The summed E-state index contributed by atoms with van der Waals surface area (Å²) in [6.45, 7) is 0. The van der Waals surface area contributed by atoms with Crippen LogP contribution in [0, 0.1) is 0 Å². The lowest BCUT2D eigenvalue weighted by atomic mass is 10.1. The minimum absolute atomic E-state index is 0.709. The molecule has 3 heterocycles. The summed E-state index contributed by atoms with van der Waals surface area (Å²) in [7, 11) is 0. The molecule has 22 heavy (non-hydrogen) atoms. The van der Waals surface area contributed by atoms with Crippen molar-refractivity contribution in [3.63, 3.8) is 0 Å². The second kappa shape index (κ2) is 5.97. The van der Waals surface area contributed by atoms with Gasteiger partial charge in [0.25, 0.3) is 0 Å². The van der Waals surface area contributed by atoms with E-state index >= 15 is 0 Å². The van der Waals surface area contributed by atoms with E-state index in [0.29, 0.717) is 5.25 Å². The van der Waals surface area contributed by atoms with E-state index in [1.807, 2.05) is 36.2 Å². The van der Waals surface area contributed by atoms with Gasteiger partial charge in [0, 0.05) is 23.4 Å². The lowest BCUT2D eigenvalue weighted by molar-refractivity contribution is 0.749. The van der Waals surface area contributed by atoms with Crippen LogP contribution in [0.4, 0.5) is 0 Å². The zero-order chi connectivity index (χ0) is 14.8. The van der Waals surface area contributed by atoms with Crippen molar-refractivity contribution in [1.82, 2.24) is 15.0 Å². The first kappa shape index (κ1) is 13.6. The Labute approximate surface area is 133 Å². The number of allylic oxidation sites excluding steroid dienone is 1. The third-order valence-electron chi connectivity index (χ3n) is 3.96. The molecule has 4 rings (SSSR count).